The van der Waals surface area contributed by atoms with Crippen molar-refractivity contribution in [2.24, 2.45) is 0 Å². The molecule has 0 aliphatic carbocycles. The lowest BCUT2D eigenvalue weighted by Gasteiger charge is -2.08. The van der Waals surface area contributed by atoms with Crippen molar-refractivity contribution in [2.45, 2.75) is 0 Å². The van der Waals surface area contributed by atoms with E-state index in [0.29, 0.717) is 39.6 Å². The SMILES string of the molecule is C1COCCOCCSSCCOCCO1. The second-order valence-corrected chi connectivity index (χ2v) is 5.80. The summed E-state index contributed by atoms with van der Waals surface area (Å²) in [4.78, 5) is 0. The molecule has 0 bridgehead atoms. The molecule has 1 heterocycles. The third-order valence-electron chi connectivity index (χ3n) is 1.82. The number of hydrogen-bond acceptors (Lipinski definition) is 6. The molecule has 0 unspecified atom stereocenters. The molecule has 1 fully saturated rings. The molecule has 16 heavy (non-hydrogen) atoms. The van der Waals surface area contributed by atoms with Crippen LogP contribution in [0.15, 0.2) is 0 Å². The minimum absolute atomic E-state index is 0.633. The molecular weight excluding hydrogens is 248 g/mol. The van der Waals surface area contributed by atoms with E-state index in [1.807, 2.05) is 21.6 Å². The average molecular weight is 268 g/mol. The van der Waals surface area contributed by atoms with Gasteiger partial charge in [-0.2, -0.15) is 0 Å². The highest BCUT2D eigenvalue weighted by molar-refractivity contribution is 8.76. The van der Waals surface area contributed by atoms with E-state index >= 15 is 0 Å². The van der Waals surface area contributed by atoms with Gasteiger partial charge in [-0.15, -0.1) is 0 Å². The van der Waals surface area contributed by atoms with Crippen LogP contribution in [-0.4, -0.2) is 64.4 Å². The summed E-state index contributed by atoms with van der Waals surface area (Å²) in [6, 6.07) is 0. The third kappa shape index (κ3) is 9.74. The van der Waals surface area contributed by atoms with E-state index in [1.165, 1.54) is 0 Å². The molecule has 1 rings (SSSR count). The molecule has 1 saturated heterocycles. The van der Waals surface area contributed by atoms with Crippen molar-refractivity contribution in [1.82, 2.24) is 0 Å². The lowest BCUT2D eigenvalue weighted by Crippen LogP contribution is -2.13. The minimum Gasteiger partial charge on any atom is -0.378 e. The number of rotatable bonds is 0. The molecule has 0 radical (unpaired) electrons. The van der Waals surface area contributed by atoms with E-state index in [-0.39, 0.29) is 0 Å². The maximum absolute atomic E-state index is 5.40. The van der Waals surface area contributed by atoms with Crippen molar-refractivity contribution in [3.63, 3.8) is 0 Å². The fourth-order valence-electron chi connectivity index (χ4n) is 1.07. The van der Waals surface area contributed by atoms with Crippen molar-refractivity contribution in [2.75, 3.05) is 64.4 Å². The number of hydrogen-bond donors (Lipinski definition) is 0. The van der Waals surface area contributed by atoms with Crippen LogP contribution in [0.4, 0.5) is 0 Å². The fourth-order valence-corrected chi connectivity index (χ4v) is 2.79. The van der Waals surface area contributed by atoms with E-state index < -0.39 is 0 Å². The summed E-state index contributed by atoms with van der Waals surface area (Å²) < 4.78 is 21.5. The van der Waals surface area contributed by atoms with Gasteiger partial charge in [-0.05, 0) is 0 Å². The van der Waals surface area contributed by atoms with Crippen LogP contribution in [0.5, 0.6) is 0 Å². The van der Waals surface area contributed by atoms with E-state index in [2.05, 4.69) is 0 Å². The first kappa shape index (κ1) is 14.6. The predicted octanol–water partition coefficient (Wildman–Crippen LogP) is 1.45. The molecule has 1 aliphatic heterocycles. The van der Waals surface area contributed by atoms with Gasteiger partial charge in [0.2, 0.25) is 0 Å². The van der Waals surface area contributed by atoms with Gasteiger partial charge in [0.05, 0.1) is 52.9 Å². The molecule has 0 amide bonds. The first-order chi connectivity index (χ1) is 8.00. The molecule has 0 spiro atoms. The van der Waals surface area contributed by atoms with Crippen LogP contribution in [0.2, 0.25) is 0 Å². The second kappa shape index (κ2) is 12.0. The first-order valence-corrected chi connectivity index (χ1v) is 8.04. The fraction of sp³-hybridized carbons (Fsp3) is 1.00. The van der Waals surface area contributed by atoms with E-state index in [1.54, 1.807) is 0 Å². The molecule has 0 N–H and O–H groups in total. The topological polar surface area (TPSA) is 36.9 Å². The highest BCUT2D eigenvalue weighted by atomic mass is 33.1. The van der Waals surface area contributed by atoms with Gasteiger partial charge in [0.1, 0.15) is 0 Å². The summed E-state index contributed by atoms with van der Waals surface area (Å²) in [6.07, 6.45) is 0. The van der Waals surface area contributed by atoms with Crippen LogP contribution in [0, 0.1) is 0 Å². The molecule has 0 aromatic heterocycles. The van der Waals surface area contributed by atoms with Crippen molar-refractivity contribution >= 4 is 21.6 Å². The van der Waals surface area contributed by atoms with E-state index in [4.69, 9.17) is 18.9 Å². The van der Waals surface area contributed by atoms with Gasteiger partial charge >= 0.3 is 0 Å². The highest BCUT2D eigenvalue weighted by Crippen LogP contribution is 2.20. The zero-order valence-corrected chi connectivity index (χ0v) is 11.2. The Morgan fingerprint density at radius 3 is 1.12 bits per heavy atom. The van der Waals surface area contributed by atoms with Crippen LogP contribution >= 0.6 is 21.6 Å². The zero-order chi connectivity index (χ0) is 11.3. The summed E-state index contributed by atoms with van der Waals surface area (Å²) in [5.74, 6) is 2.04. The Morgan fingerprint density at radius 2 is 0.750 bits per heavy atom. The predicted molar refractivity (Wildman–Crippen MR) is 68.2 cm³/mol. The molecular formula is C10H20O4S2. The Labute approximate surface area is 105 Å². The monoisotopic (exact) mass is 268 g/mol. The van der Waals surface area contributed by atoms with Gasteiger partial charge in [-0.3, -0.25) is 0 Å². The summed E-state index contributed by atoms with van der Waals surface area (Å²) in [7, 11) is 3.66. The molecule has 0 atom stereocenters. The van der Waals surface area contributed by atoms with Gasteiger partial charge in [-0.25, -0.2) is 0 Å². The van der Waals surface area contributed by atoms with Gasteiger partial charge in [0, 0.05) is 11.5 Å². The highest BCUT2D eigenvalue weighted by Gasteiger charge is 1.96. The molecule has 6 heteroatoms. The zero-order valence-electron chi connectivity index (χ0n) is 9.52. The standard InChI is InChI=1S/C10H20O4S2/c1-2-12-4-6-14-8-10-16-15-9-7-13-5-3-11-1/h1-10H2. The van der Waals surface area contributed by atoms with Crippen molar-refractivity contribution in [1.29, 1.82) is 0 Å². The molecule has 0 aromatic rings. The number of ether oxygens (including phenoxy) is 4. The van der Waals surface area contributed by atoms with Crippen molar-refractivity contribution in [3.05, 3.63) is 0 Å². The van der Waals surface area contributed by atoms with Crippen molar-refractivity contribution in [3.8, 4) is 0 Å². The molecule has 0 aromatic carbocycles. The van der Waals surface area contributed by atoms with Gasteiger partial charge in [0.15, 0.2) is 0 Å². The maximum Gasteiger partial charge on any atom is 0.0701 e. The molecule has 4 nitrogen and oxygen atoms in total. The Bertz CT molecular complexity index is 84.8. The second-order valence-electron chi connectivity index (χ2n) is 3.09. The van der Waals surface area contributed by atoms with Crippen LogP contribution in [0.1, 0.15) is 0 Å². The molecule has 0 saturated carbocycles. The minimum atomic E-state index is 0.633. The lowest BCUT2D eigenvalue weighted by molar-refractivity contribution is 0.00141. The smallest absolute Gasteiger partial charge is 0.0701 e. The Balaban J connectivity index is 2.00. The van der Waals surface area contributed by atoms with Gasteiger partial charge in [0.25, 0.3) is 0 Å². The normalized spacial score (nSPS) is 24.0. The Hall–Kier alpha value is 0.540. The third-order valence-corrected chi connectivity index (χ3v) is 4.15. The Kier molecular flexibility index (Phi) is 11.0. The summed E-state index contributed by atoms with van der Waals surface area (Å²) in [5.41, 5.74) is 0. The van der Waals surface area contributed by atoms with Crippen molar-refractivity contribution < 1.29 is 18.9 Å². The Morgan fingerprint density at radius 1 is 0.438 bits per heavy atom. The summed E-state index contributed by atoms with van der Waals surface area (Å²) >= 11 is 0. The van der Waals surface area contributed by atoms with Crippen LogP contribution < -0.4 is 0 Å². The van der Waals surface area contributed by atoms with E-state index in [9.17, 15) is 0 Å². The van der Waals surface area contributed by atoms with Crippen LogP contribution in [0.3, 0.4) is 0 Å². The molecule has 96 valence electrons. The van der Waals surface area contributed by atoms with E-state index in [0.717, 1.165) is 24.7 Å². The summed E-state index contributed by atoms with van der Waals surface area (Å²) in [5, 5.41) is 0. The van der Waals surface area contributed by atoms with Gasteiger partial charge < -0.3 is 18.9 Å². The largest absolute Gasteiger partial charge is 0.378 e. The molecule has 1 aliphatic rings. The van der Waals surface area contributed by atoms with Crippen LogP contribution in [-0.2, 0) is 18.9 Å². The van der Waals surface area contributed by atoms with Gasteiger partial charge in [-0.1, -0.05) is 21.6 Å². The van der Waals surface area contributed by atoms with Crippen LogP contribution in [0.25, 0.3) is 0 Å². The summed E-state index contributed by atoms with van der Waals surface area (Å²) in [6.45, 7) is 5.50. The average Bonchev–Trinajstić information content (AvgIpc) is 2.29. The maximum atomic E-state index is 5.40. The first-order valence-electron chi connectivity index (χ1n) is 5.55. The lowest BCUT2D eigenvalue weighted by atomic mass is 10.7. The quantitative estimate of drug-likeness (QED) is 0.619.